The Balaban J connectivity index is 4.64. The Bertz CT molecular complexity index is 291. The molecule has 0 bridgehead atoms. The molecule has 0 aliphatic rings. The van der Waals surface area contributed by atoms with E-state index in [-0.39, 0.29) is 18.2 Å². The van der Waals surface area contributed by atoms with E-state index < -0.39 is 18.6 Å². The lowest BCUT2D eigenvalue weighted by Crippen LogP contribution is -2.50. The number of hydrogen-bond acceptors (Lipinski definition) is 4. The maximum absolute atomic E-state index is 11.8. The molecule has 6 heteroatoms. The van der Waals surface area contributed by atoms with Gasteiger partial charge < -0.3 is 14.9 Å². The average molecular weight is 230 g/mol. The van der Waals surface area contributed by atoms with Crippen LogP contribution in [0.1, 0.15) is 13.8 Å². The summed E-state index contributed by atoms with van der Waals surface area (Å²) in [6.07, 6.45) is 0. The van der Waals surface area contributed by atoms with Gasteiger partial charge in [-0.1, -0.05) is 0 Å². The topological polar surface area (TPSA) is 77.9 Å². The number of rotatable bonds is 5. The number of nitrogens with zero attached hydrogens (tertiary/aromatic N) is 2. The Morgan fingerprint density at radius 1 is 1.19 bits per heavy atom. The molecule has 1 atom stereocenters. The first-order chi connectivity index (χ1) is 7.31. The minimum atomic E-state index is -0.929. The van der Waals surface area contributed by atoms with Crippen molar-refractivity contribution in [2.75, 3.05) is 27.2 Å². The van der Waals surface area contributed by atoms with Gasteiger partial charge in [0.05, 0.1) is 13.2 Å². The molecule has 0 heterocycles. The van der Waals surface area contributed by atoms with Crippen molar-refractivity contribution in [1.29, 1.82) is 0 Å². The summed E-state index contributed by atoms with van der Waals surface area (Å²) in [5.41, 5.74) is 0. The third kappa shape index (κ3) is 3.98. The van der Waals surface area contributed by atoms with Crippen molar-refractivity contribution in [3.05, 3.63) is 0 Å². The lowest BCUT2D eigenvalue weighted by molar-refractivity contribution is -0.145. The molecule has 1 N–H and O–H groups in total. The predicted molar refractivity (Wildman–Crippen MR) is 57.6 cm³/mol. The summed E-state index contributed by atoms with van der Waals surface area (Å²) in [4.78, 5) is 36.0. The van der Waals surface area contributed by atoms with Crippen LogP contribution < -0.4 is 0 Å². The molecule has 0 aliphatic heterocycles. The van der Waals surface area contributed by atoms with Gasteiger partial charge >= 0.3 is 0 Å². The second-order valence-corrected chi connectivity index (χ2v) is 3.72. The summed E-state index contributed by atoms with van der Waals surface area (Å²) in [7, 11) is 2.89. The van der Waals surface area contributed by atoms with E-state index in [2.05, 4.69) is 0 Å². The van der Waals surface area contributed by atoms with Crippen molar-refractivity contribution < 1.29 is 19.5 Å². The van der Waals surface area contributed by atoms with Gasteiger partial charge in [-0.3, -0.25) is 14.4 Å². The van der Waals surface area contributed by atoms with Gasteiger partial charge in [0.15, 0.2) is 0 Å². The minimum Gasteiger partial charge on any atom is -0.394 e. The quantitative estimate of drug-likeness (QED) is 0.648. The highest BCUT2D eigenvalue weighted by atomic mass is 16.3. The molecular weight excluding hydrogens is 212 g/mol. The zero-order valence-electron chi connectivity index (χ0n) is 10.1. The molecule has 1 unspecified atom stereocenters. The Morgan fingerprint density at radius 2 is 1.69 bits per heavy atom. The molecule has 0 saturated heterocycles. The van der Waals surface area contributed by atoms with Crippen molar-refractivity contribution in [3.63, 3.8) is 0 Å². The fraction of sp³-hybridized carbons (Fsp3) is 0.700. The number of likely N-dealkylation sites (N-methyl/N-ethyl adjacent to an activating group) is 2. The van der Waals surface area contributed by atoms with E-state index in [1.807, 2.05) is 0 Å². The average Bonchev–Trinajstić information content (AvgIpc) is 2.17. The van der Waals surface area contributed by atoms with E-state index in [0.29, 0.717) is 0 Å². The third-order valence-electron chi connectivity index (χ3n) is 2.26. The van der Waals surface area contributed by atoms with E-state index in [9.17, 15) is 14.4 Å². The Morgan fingerprint density at radius 3 is 2.00 bits per heavy atom. The van der Waals surface area contributed by atoms with Gasteiger partial charge in [-0.25, -0.2) is 0 Å². The van der Waals surface area contributed by atoms with Crippen molar-refractivity contribution >= 4 is 17.6 Å². The molecule has 6 nitrogen and oxygen atoms in total. The molecule has 0 aromatic carbocycles. The lowest BCUT2D eigenvalue weighted by Gasteiger charge is -2.28. The second kappa shape index (κ2) is 6.22. The van der Waals surface area contributed by atoms with E-state index in [1.54, 1.807) is 0 Å². The molecule has 0 aromatic heterocycles. The highest BCUT2D eigenvalue weighted by Gasteiger charge is 2.27. The van der Waals surface area contributed by atoms with E-state index in [4.69, 9.17) is 5.11 Å². The number of amides is 2. The number of aliphatic hydroxyl groups is 1. The van der Waals surface area contributed by atoms with Gasteiger partial charge in [0, 0.05) is 21.0 Å². The number of aliphatic hydroxyl groups excluding tert-OH is 1. The molecule has 16 heavy (non-hydrogen) atoms. The first kappa shape index (κ1) is 14.6. The van der Waals surface area contributed by atoms with Crippen LogP contribution in [-0.2, 0) is 14.4 Å². The standard InChI is InChI=1S/C10H18N2O4/c1-7(14)5-11(3)10(16)9(6-13)12(4)8(2)15/h9,13H,5-6H2,1-4H3. The van der Waals surface area contributed by atoms with Gasteiger partial charge in [-0.05, 0) is 6.92 Å². The van der Waals surface area contributed by atoms with Crippen LogP contribution >= 0.6 is 0 Å². The van der Waals surface area contributed by atoms with Crippen LogP contribution in [0.4, 0.5) is 0 Å². The van der Waals surface area contributed by atoms with Crippen molar-refractivity contribution in [2.45, 2.75) is 19.9 Å². The molecule has 0 aromatic rings. The van der Waals surface area contributed by atoms with Gasteiger partial charge in [-0.15, -0.1) is 0 Å². The third-order valence-corrected chi connectivity index (χ3v) is 2.26. The predicted octanol–water partition coefficient (Wildman–Crippen LogP) is -1.13. The highest BCUT2D eigenvalue weighted by Crippen LogP contribution is 2.01. The molecule has 0 spiro atoms. The summed E-state index contributed by atoms with van der Waals surface area (Å²) < 4.78 is 0. The van der Waals surface area contributed by atoms with Gasteiger partial charge in [0.2, 0.25) is 11.8 Å². The highest BCUT2D eigenvalue weighted by molar-refractivity contribution is 5.89. The largest absolute Gasteiger partial charge is 0.394 e. The van der Waals surface area contributed by atoms with Crippen LogP contribution in [0.3, 0.4) is 0 Å². The fourth-order valence-corrected chi connectivity index (χ4v) is 1.25. The van der Waals surface area contributed by atoms with Gasteiger partial charge in [-0.2, -0.15) is 0 Å². The first-order valence-corrected chi connectivity index (χ1v) is 4.90. The first-order valence-electron chi connectivity index (χ1n) is 4.90. The lowest BCUT2D eigenvalue weighted by atomic mass is 10.2. The van der Waals surface area contributed by atoms with Gasteiger partial charge in [0.1, 0.15) is 11.8 Å². The van der Waals surface area contributed by atoms with Crippen LogP contribution in [0.15, 0.2) is 0 Å². The molecule has 2 amide bonds. The zero-order chi connectivity index (χ0) is 12.9. The Kier molecular flexibility index (Phi) is 5.66. The number of carbonyl (C=O) groups excluding carboxylic acids is 3. The maximum Gasteiger partial charge on any atom is 0.247 e. The fourth-order valence-electron chi connectivity index (χ4n) is 1.25. The van der Waals surface area contributed by atoms with E-state index in [0.717, 1.165) is 4.90 Å². The Hall–Kier alpha value is -1.43. The van der Waals surface area contributed by atoms with E-state index >= 15 is 0 Å². The minimum absolute atomic E-state index is 0.0267. The number of ketones is 1. The number of Topliss-reactive ketones (excluding diaryl/α,β-unsaturated/α-hetero) is 1. The van der Waals surface area contributed by atoms with Crippen molar-refractivity contribution in [1.82, 2.24) is 9.80 Å². The summed E-state index contributed by atoms with van der Waals surface area (Å²) in [6, 6.07) is -0.929. The SMILES string of the molecule is CC(=O)CN(C)C(=O)C(CO)N(C)C(C)=O. The van der Waals surface area contributed by atoms with Crippen molar-refractivity contribution in [2.24, 2.45) is 0 Å². The van der Waals surface area contributed by atoms with Crippen LogP contribution in [0.5, 0.6) is 0 Å². The molecule has 0 aliphatic carbocycles. The molecular formula is C10H18N2O4. The summed E-state index contributed by atoms with van der Waals surface area (Å²) in [6.45, 7) is 2.19. The smallest absolute Gasteiger partial charge is 0.247 e. The summed E-state index contributed by atoms with van der Waals surface area (Å²) in [5, 5.41) is 9.07. The normalized spacial score (nSPS) is 11.8. The molecule has 0 saturated carbocycles. The number of hydrogen-bond donors (Lipinski definition) is 1. The summed E-state index contributed by atoms with van der Waals surface area (Å²) >= 11 is 0. The molecule has 0 fully saturated rings. The zero-order valence-corrected chi connectivity index (χ0v) is 10.1. The number of carbonyl (C=O) groups is 3. The Labute approximate surface area is 94.8 Å². The van der Waals surface area contributed by atoms with Crippen LogP contribution in [0.2, 0.25) is 0 Å². The molecule has 0 radical (unpaired) electrons. The molecule has 0 rings (SSSR count). The monoisotopic (exact) mass is 230 g/mol. The molecule has 92 valence electrons. The van der Waals surface area contributed by atoms with Crippen molar-refractivity contribution in [3.8, 4) is 0 Å². The second-order valence-electron chi connectivity index (χ2n) is 3.72. The van der Waals surface area contributed by atoms with Crippen LogP contribution in [0, 0.1) is 0 Å². The van der Waals surface area contributed by atoms with E-state index in [1.165, 1.54) is 32.8 Å². The van der Waals surface area contributed by atoms with Gasteiger partial charge in [0.25, 0.3) is 0 Å². The van der Waals surface area contributed by atoms with Crippen LogP contribution in [-0.4, -0.2) is 65.8 Å². The maximum atomic E-state index is 11.8. The summed E-state index contributed by atoms with van der Waals surface area (Å²) in [5.74, 6) is -0.919. The van der Waals surface area contributed by atoms with Crippen LogP contribution in [0.25, 0.3) is 0 Å².